The van der Waals surface area contributed by atoms with Crippen molar-refractivity contribution in [3.8, 4) is 11.5 Å². The van der Waals surface area contributed by atoms with Gasteiger partial charge in [0, 0.05) is 13.1 Å². The van der Waals surface area contributed by atoms with E-state index in [2.05, 4.69) is 27.7 Å². The summed E-state index contributed by atoms with van der Waals surface area (Å²) in [5, 5.41) is 0. The second-order valence-electron chi connectivity index (χ2n) is 12.1. The molecule has 230 valence electrons. The molecular formula is C36H46N2O5. The van der Waals surface area contributed by atoms with E-state index in [9.17, 15) is 9.59 Å². The van der Waals surface area contributed by atoms with Crippen LogP contribution in [-0.2, 0) is 9.59 Å². The number of nitrogens with zero attached hydrogens (tertiary/aromatic N) is 2. The Balaban J connectivity index is 1.66. The summed E-state index contributed by atoms with van der Waals surface area (Å²) in [6.45, 7) is 13.6. The van der Waals surface area contributed by atoms with Crippen LogP contribution in [0.5, 0.6) is 0 Å². The zero-order valence-corrected chi connectivity index (χ0v) is 26.6. The predicted octanol–water partition coefficient (Wildman–Crippen LogP) is 8.99. The summed E-state index contributed by atoms with van der Waals surface area (Å²) in [6, 6.07) is 11.2. The fraction of sp³-hybridized carbons (Fsp3) is 0.500. The molecule has 7 nitrogen and oxygen atoms in total. The van der Waals surface area contributed by atoms with Crippen LogP contribution in [0.25, 0.3) is 22.9 Å². The van der Waals surface area contributed by atoms with E-state index >= 15 is 0 Å². The normalized spacial score (nSPS) is 16.7. The van der Waals surface area contributed by atoms with Gasteiger partial charge >= 0.3 is 0 Å². The van der Waals surface area contributed by atoms with Gasteiger partial charge in [-0.25, -0.2) is 0 Å². The number of unbranched alkanes of at least 4 members (excludes halogenated alkanes) is 2. The van der Waals surface area contributed by atoms with Crippen molar-refractivity contribution >= 4 is 23.2 Å². The van der Waals surface area contributed by atoms with E-state index in [1.165, 1.54) is 0 Å². The van der Waals surface area contributed by atoms with E-state index in [0.29, 0.717) is 70.5 Å². The number of amides is 2. The molecule has 0 fully saturated rings. The van der Waals surface area contributed by atoms with Gasteiger partial charge in [-0.3, -0.25) is 9.59 Å². The third kappa shape index (κ3) is 6.04. The lowest BCUT2D eigenvalue weighted by atomic mass is 9.98. The fourth-order valence-corrected chi connectivity index (χ4v) is 6.33. The molecule has 0 radical (unpaired) electrons. The van der Waals surface area contributed by atoms with Gasteiger partial charge in [0.2, 0.25) is 0 Å². The van der Waals surface area contributed by atoms with Gasteiger partial charge in [-0.2, -0.15) is 0 Å². The van der Waals surface area contributed by atoms with E-state index < -0.39 is 0 Å². The van der Waals surface area contributed by atoms with E-state index in [0.717, 1.165) is 62.9 Å². The van der Waals surface area contributed by atoms with E-state index in [-0.39, 0.29) is 11.8 Å². The first-order chi connectivity index (χ1) is 20.8. The van der Waals surface area contributed by atoms with Gasteiger partial charge in [0.1, 0.15) is 22.9 Å². The minimum Gasteiger partial charge on any atom is -0.460 e. The minimum atomic E-state index is -0.159. The number of carbonyl (C=O) groups excluding carboxylic acids is 2. The van der Waals surface area contributed by atoms with E-state index in [4.69, 9.17) is 13.3 Å². The molecule has 0 saturated carbocycles. The molecule has 0 bridgehead atoms. The summed E-state index contributed by atoms with van der Waals surface area (Å²) < 4.78 is 18.3. The zero-order valence-electron chi connectivity index (χ0n) is 26.6. The molecule has 0 spiro atoms. The van der Waals surface area contributed by atoms with Crippen LogP contribution in [0.2, 0.25) is 0 Å². The first-order valence-electron chi connectivity index (χ1n) is 16.2. The number of hydrogen-bond donors (Lipinski definition) is 0. The highest BCUT2D eigenvalue weighted by Crippen LogP contribution is 2.48. The van der Waals surface area contributed by atoms with Gasteiger partial charge in [0.25, 0.3) is 11.8 Å². The number of hydrogen-bond acceptors (Lipinski definition) is 5. The van der Waals surface area contributed by atoms with Gasteiger partial charge in [0.15, 0.2) is 23.0 Å². The Labute approximate surface area is 255 Å². The molecule has 0 aliphatic carbocycles. The first-order valence-corrected chi connectivity index (χ1v) is 16.2. The van der Waals surface area contributed by atoms with Crippen molar-refractivity contribution in [2.24, 2.45) is 11.8 Å². The maximum Gasteiger partial charge on any atom is 0.261 e. The third-order valence-corrected chi connectivity index (χ3v) is 8.95. The molecule has 0 N–H and O–H groups in total. The Morgan fingerprint density at radius 1 is 0.581 bits per heavy atom. The number of furan rings is 3. The van der Waals surface area contributed by atoms with E-state index in [1.54, 1.807) is 9.80 Å². The van der Waals surface area contributed by atoms with Crippen LogP contribution in [0.15, 0.2) is 60.8 Å². The monoisotopic (exact) mass is 586 g/mol. The molecule has 0 saturated heterocycles. The molecule has 43 heavy (non-hydrogen) atoms. The van der Waals surface area contributed by atoms with Crippen molar-refractivity contribution in [2.45, 2.75) is 92.9 Å². The molecule has 2 unspecified atom stereocenters. The van der Waals surface area contributed by atoms with Crippen LogP contribution in [0.1, 0.15) is 102 Å². The van der Waals surface area contributed by atoms with Crippen LogP contribution in [0, 0.1) is 25.7 Å². The maximum atomic E-state index is 14.5. The maximum absolute atomic E-state index is 14.5. The third-order valence-electron chi connectivity index (χ3n) is 8.95. The van der Waals surface area contributed by atoms with Crippen molar-refractivity contribution in [1.29, 1.82) is 0 Å². The van der Waals surface area contributed by atoms with Crippen LogP contribution in [-0.4, -0.2) is 34.7 Å². The molecule has 5 rings (SSSR count). The highest BCUT2D eigenvalue weighted by molar-refractivity contribution is 6.29. The molecule has 2 amide bonds. The number of rotatable bonds is 15. The summed E-state index contributed by atoms with van der Waals surface area (Å²) in [7, 11) is 0. The zero-order chi connectivity index (χ0) is 30.7. The average molecular weight is 587 g/mol. The topological polar surface area (TPSA) is 80.0 Å². The van der Waals surface area contributed by atoms with Crippen molar-refractivity contribution in [2.75, 3.05) is 13.1 Å². The van der Waals surface area contributed by atoms with Crippen LogP contribution in [0.3, 0.4) is 0 Å². The Morgan fingerprint density at radius 2 is 0.977 bits per heavy atom. The molecule has 2 aliphatic heterocycles. The lowest BCUT2D eigenvalue weighted by molar-refractivity contribution is -0.124. The number of aryl methyl sites for hydroxylation is 2. The number of carbonyl (C=O) groups is 2. The predicted molar refractivity (Wildman–Crippen MR) is 168 cm³/mol. The van der Waals surface area contributed by atoms with Crippen molar-refractivity contribution in [1.82, 2.24) is 9.80 Å². The Kier molecular flexibility index (Phi) is 9.48. The summed E-state index contributed by atoms with van der Waals surface area (Å²) >= 11 is 0. The quantitative estimate of drug-likeness (QED) is 0.178. The average Bonchev–Trinajstić information content (AvgIpc) is 3.82. The highest BCUT2D eigenvalue weighted by atomic mass is 16.4. The molecule has 5 heterocycles. The van der Waals surface area contributed by atoms with Gasteiger partial charge < -0.3 is 23.1 Å². The summed E-state index contributed by atoms with van der Waals surface area (Å²) in [4.78, 5) is 32.7. The minimum absolute atomic E-state index is 0.159. The van der Waals surface area contributed by atoms with Crippen molar-refractivity contribution in [3.05, 3.63) is 70.6 Å². The van der Waals surface area contributed by atoms with Gasteiger partial charge in [-0.15, -0.1) is 0 Å². The fourth-order valence-electron chi connectivity index (χ4n) is 6.33. The van der Waals surface area contributed by atoms with Crippen LogP contribution < -0.4 is 0 Å². The van der Waals surface area contributed by atoms with Gasteiger partial charge in [-0.05, 0) is 74.9 Å². The molecule has 3 aromatic heterocycles. The Morgan fingerprint density at radius 3 is 1.40 bits per heavy atom. The molecule has 2 atom stereocenters. The lowest BCUT2D eigenvalue weighted by Crippen LogP contribution is -2.34. The van der Waals surface area contributed by atoms with Crippen molar-refractivity contribution in [3.63, 3.8) is 0 Å². The van der Waals surface area contributed by atoms with Crippen LogP contribution >= 0.6 is 0 Å². The van der Waals surface area contributed by atoms with Gasteiger partial charge in [0.05, 0.1) is 11.1 Å². The van der Waals surface area contributed by atoms with Crippen molar-refractivity contribution < 1.29 is 22.8 Å². The standard InChI is InChI=1S/C36H46N2O5/c1-7-11-13-25(9-3)21-37-33(29-18-16-24(6)42-29)31-32(36(37)40)34(38(35(31)39)22-26(10-4)14-12-8-2)30-20-19-28(43-30)27-17-15-23(5)41-27/h15-20,25-26H,7-14,21-22H2,1-6H3. The summed E-state index contributed by atoms with van der Waals surface area (Å²) in [5.41, 5.74) is 1.99. The second kappa shape index (κ2) is 13.3. The summed E-state index contributed by atoms with van der Waals surface area (Å²) in [5.74, 6) is 4.06. The second-order valence-corrected chi connectivity index (χ2v) is 12.1. The SMILES string of the molecule is CCCCC(CC)CN1C(=O)C2=C(c3ccc(-c4ccc(C)o4)o3)N(CC(CC)CCCC)C(=O)C2=C1c1ccc(C)o1. The Bertz CT molecular complexity index is 1520. The highest BCUT2D eigenvalue weighted by Gasteiger charge is 2.51. The molecular weight excluding hydrogens is 540 g/mol. The van der Waals surface area contributed by atoms with Gasteiger partial charge in [-0.1, -0.05) is 66.2 Å². The summed E-state index contributed by atoms with van der Waals surface area (Å²) in [6.07, 6.45) is 8.35. The molecule has 0 aromatic carbocycles. The molecule has 7 heteroatoms. The smallest absolute Gasteiger partial charge is 0.261 e. The number of fused-ring (bicyclic) bond motifs is 1. The molecule has 3 aromatic rings. The largest absolute Gasteiger partial charge is 0.460 e. The van der Waals surface area contributed by atoms with Crippen LogP contribution in [0.4, 0.5) is 0 Å². The Hall–Kier alpha value is -3.74. The lowest BCUT2D eigenvalue weighted by Gasteiger charge is -2.28. The molecule has 2 aliphatic rings. The van der Waals surface area contributed by atoms with E-state index in [1.807, 2.05) is 50.2 Å². The first kappa shape index (κ1) is 30.7.